The molecule has 2 fully saturated rings. The predicted octanol–water partition coefficient (Wildman–Crippen LogP) is 2.45. The van der Waals surface area contributed by atoms with Gasteiger partial charge in [0.15, 0.2) is 0 Å². The smallest absolute Gasteiger partial charge is 0.118 e. The zero-order valence-electron chi connectivity index (χ0n) is 13.5. The molecule has 21 heavy (non-hydrogen) atoms. The molecule has 0 aromatic carbocycles. The minimum absolute atomic E-state index is 0.718. The second kappa shape index (κ2) is 6.95. The monoisotopic (exact) mass is 291 g/mol. The molecule has 3 rings (SSSR count). The summed E-state index contributed by atoms with van der Waals surface area (Å²) in [4.78, 5) is 5.11. The quantitative estimate of drug-likeness (QED) is 0.836. The minimum atomic E-state index is 0.718. The molecular formula is C17H29N3O. The molecule has 4 heteroatoms. The second-order valence-electron chi connectivity index (χ2n) is 6.65. The molecule has 1 saturated heterocycles. The lowest BCUT2D eigenvalue weighted by atomic mass is 10.2. The first-order valence-corrected chi connectivity index (χ1v) is 8.50. The van der Waals surface area contributed by atoms with Crippen molar-refractivity contribution in [1.29, 1.82) is 0 Å². The maximum Gasteiger partial charge on any atom is 0.118 e. The Morgan fingerprint density at radius 1 is 1.29 bits per heavy atom. The number of nitrogens with one attached hydrogen (secondary N) is 1. The van der Waals surface area contributed by atoms with Crippen LogP contribution in [-0.2, 0) is 13.1 Å². The molecule has 0 bridgehead atoms. The van der Waals surface area contributed by atoms with Crippen molar-refractivity contribution in [3.05, 3.63) is 23.7 Å². The average molecular weight is 291 g/mol. The summed E-state index contributed by atoms with van der Waals surface area (Å²) < 4.78 is 5.72. The highest BCUT2D eigenvalue weighted by atomic mass is 16.3. The molecule has 1 saturated carbocycles. The molecule has 0 radical (unpaired) electrons. The van der Waals surface area contributed by atoms with Crippen LogP contribution in [0, 0.1) is 0 Å². The SMILES string of the molecule is CCC(C)N1CCN(Cc2cc(CNC3CC3)co2)CC1. The Balaban J connectivity index is 1.42. The van der Waals surface area contributed by atoms with Crippen LogP contribution in [0.5, 0.6) is 0 Å². The van der Waals surface area contributed by atoms with Crippen LogP contribution in [0.25, 0.3) is 0 Å². The van der Waals surface area contributed by atoms with Gasteiger partial charge in [-0.3, -0.25) is 9.80 Å². The average Bonchev–Trinajstić information content (AvgIpc) is 3.25. The molecule has 1 aliphatic heterocycles. The van der Waals surface area contributed by atoms with Crippen LogP contribution in [0.3, 0.4) is 0 Å². The molecule has 1 aromatic rings. The van der Waals surface area contributed by atoms with Crippen LogP contribution in [0.15, 0.2) is 16.7 Å². The normalized spacial score (nSPS) is 22.6. The lowest BCUT2D eigenvalue weighted by Gasteiger charge is -2.37. The van der Waals surface area contributed by atoms with E-state index in [1.54, 1.807) is 0 Å². The zero-order chi connectivity index (χ0) is 14.7. The van der Waals surface area contributed by atoms with Crippen molar-refractivity contribution in [2.45, 2.75) is 58.3 Å². The molecule has 1 unspecified atom stereocenters. The molecule has 1 aliphatic carbocycles. The van der Waals surface area contributed by atoms with Gasteiger partial charge in [0.1, 0.15) is 5.76 Å². The van der Waals surface area contributed by atoms with Crippen molar-refractivity contribution >= 4 is 0 Å². The molecule has 4 nitrogen and oxygen atoms in total. The largest absolute Gasteiger partial charge is 0.468 e. The van der Waals surface area contributed by atoms with Gasteiger partial charge >= 0.3 is 0 Å². The molecular weight excluding hydrogens is 262 g/mol. The zero-order valence-corrected chi connectivity index (χ0v) is 13.5. The lowest BCUT2D eigenvalue weighted by molar-refractivity contribution is 0.0920. The highest BCUT2D eigenvalue weighted by Crippen LogP contribution is 2.20. The van der Waals surface area contributed by atoms with E-state index >= 15 is 0 Å². The van der Waals surface area contributed by atoms with Crippen molar-refractivity contribution < 1.29 is 4.42 Å². The Labute approximate surface area is 128 Å². The Hall–Kier alpha value is -0.840. The third-order valence-corrected chi connectivity index (χ3v) is 4.88. The van der Waals surface area contributed by atoms with Crippen molar-refractivity contribution in [2.75, 3.05) is 26.2 Å². The molecule has 0 spiro atoms. The van der Waals surface area contributed by atoms with Gasteiger partial charge in [-0.25, -0.2) is 0 Å². The molecule has 118 valence electrons. The number of furan rings is 1. The maximum absolute atomic E-state index is 5.72. The Kier molecular flexibility index (Phi) is 4.99. The molecule has 2 heterocycles. The van der Waals surface area contributed by atoms with E-state index in [0.29, 0.717) is 0 Å². The van der Waals surface area contributed by atoms with Gasteiger partial charge < -0.3 is 9.73 Å². The van der Waals surface area contributed by atoms with Crippen LogP contribution < -0.4 is 5.32 Å². The summed E-state index contributed by atoms with van der Waals surface area (Å²) in [5.74, 6) is 1.11. The summed E-state index contributed by atoms with van der Waals surface area (Å²) in [5, 5.41) is 3.53. The van der Waals surface area contributed by atoms with Gasteiger partial charge in [-0.05, 0) is 32.3 Å². The Bertz CT molecular complexity index is 433. The van der Waals surface area contributed by atoms with Crippen molar-refractivity contribution in [2.24, 2.45) is 0 Å². The summed E-state index contributed by atoms with van der Waals surface area (Å²) >= 11 is 0. The molecule has 1 N–H and O–H groups in total. The highest BCUT2D eigenvalue weighted by Gasteiger charge is 2.22. The van der Waals surface area contributed by atoms with E-state index in [2.05, 4.69) is 35.0 Å². The number of rotatable bonds is 7. The van der Waals surface area contributed by atoms with Gasteiger partial charge in [-0.15, -0.1) is 0 Å². The lowest BCUT2D eigenvalue weighted by Crippen LogP contribution is -2.48. The van der Waals surface area contributed by atoms with E-state index < -0.39 is 0 Å². The summed E-state index contributed by atoms with van der Waals surface area (Å²) in [5.41, 5.74) is 1.29. The molecule has 1 atom stereocenters. The first-order valence-electron chi connectivity index (χ1n) is 8.50. The van der Waals surface area contributed by atoms with Gasteiger partial charge in [0, 0.05) is 50.4 Å². The van der Waals surface area contributed by atoms with Crippen LogP contribution in [0.2, 0.25) is 0 Å². The molecule has 1 aromatic heterocycles. The fraction of sp³-hybridized carbons (Fsp3) is 0.765. The van der Waals surface area contributed by atoms with E-state index in [0.717, 1.165) is 44.0 Å². The highest BCUT2D eigenvalue weighted by molar-refractivity contribution is 5.13. The standard InChI is InChI=1S/C17H29N3O/c1-3-14(2)20-8-6-19(7-9-20)12-17-10-15(13-21-17)11-18-16-4-5-16/h10,13-14,16,18H,3-9,11-12H2,1-2H3. The first-order chi connectivity index (χ1) is 10.2. The number of nitrogens with zero attached hydrogens (tertiary/aromatic N) is 2. The number of hydrogen-bond acceptors (Lipinski definition) is 4. The van der Waals surface area contributed by atoms with Crippen LogP contribution in [0.1, 0.15) is 44.4 Å². The summed E-state index contributed by atoms with van der Waals surface area (Å²) in [6.45, 7) is 11.2. The molecule has 2 aliphatic rings. The van der Waals surface area contributed by atoms with Crippen molar-refractivity contribution in [1.82, 2.24) is 15.1 Å². The number of hydrogen-bond donors (Lipinski definition) is 1. The van der Waals surface area contributed by atoms with E-state index in [1.165, 1.54) is 37.9 Å². The third-order valence-electron chi connectivity index (χ3n) is 4.88. The third kappa shape index (κ3) is 4.31. The summed E-state index contributed by atoms with van der Waals surface area (Å²) in [7, 11) is 0. The minimum Gasteiger partial charge on any atom is -0.468 e. The fourth-order valence-electron chi connectivity index (χ4n) is 2.99. The van der Waals surface area contributed by atoms with Gasteiger partial charge in [0.05, 0.1) is 12.8 Å². The van der Waals surface area contributed by atoms with Crippen LogP contribution >= 0.6 is 0 Å². The van der Waals surface area contributed by atoms with Gasteiger partial charge in [-0.1, -0.05) is 6.92 Å². The van der Waals surface area contributed by atoms with Crippen LogP contribution in [0.4, 0.5) is 0 Å². The predicted molar refractivity (Wildman–Crippen MR) is 85.2 cm³/mol. The number of piperazine rings is 1. The van der Waals surface area contributed by atoms with Crippen molar-refractivity contribution in [3.63, 3.8) is 0 Å². The Morgan fingerprint density at radius 2 is 2.05 bits per heavy atom. The first kappa shape index (κ1) is 15.1. The van der Waals surface area contributed by atoms with E-state index in [-0.39, 0.29) is 0 Å². The summed E-state index contributed by atoms with van der Waals surface area (Å²) in [6, 6.07) is 3.70. The van der Waals surface area contributed by atoms with E-state index in [9.17, 15) is 0 Å². The van der Waals surface area contributed by atoms with Gasteiger partial charge in [-0.2, -0.15) is 0 Å². The van der Waals surface area contributed by atoms with Gasteiger partial charge in [0.2, 0.25) is 0 Å². The fourth-order valence-corrected chi connectivity index (χ4v) is 2.99. The molecule has 0 amide bonds. The summed E-state index contributed by atoms with van der Waals surface area (Å²) in [6.07, 6.45) is 5.84. The van der Waals surface area contributed by atoms with E-state index in [4.69, 9.17) is 4.42 Å². The van der Waals surface area contributed by atoms with Gasteiger partial charge in [0.25, 0.3) is 0 Å². The topological polar surface area (TPSA) is 31.6 Å². The van der Waals surface area contributed by atoms with Crippen molar-refractivity contribution in [3.8, 4) is 0 Å². The Morgan fingerprint density at radius 3 is 2.71 bits per heavy atom. The van der Waals surface area contributed by atoms with E-state index in [1.807, 2.05) is 6.26 Å². The second-order valence-corrected chi connectivity index (χ2v) is 6.65. The van der Waals surface area contributed by atoms with Crippen LogP contribution in [-0.4, -0.2) is 48.1 Å². The maximum atomic E-state index is 5.72.